The summed E-state index contributed by atoms with van der Waals surface area (Å²) in [4.78, 5) is 3.93. The first kappa shape index (κ1) is 10.9. The van der Waals surface area contributed by atoms with Gasteiger partial charge in [0.2, 0.25) is 0 Å². The van der Waals surface area contributed by atoms with Gasteiger partial charge in [-0.3, -0.25) is 0 Å². The highest BCUT2D eigenvalue weighted by Crippen LogP contribution is 2.22. The van der Waals surface area contributed by atoms with Crippen LogP contribution in [0.2, 0.25) is 0 Å². The summed E-state index contributed by atoms with van der Waals surface area (Å²) in [5.41, 5.74) is 12.2. The minimum absolute atomic E-state index is 0.101. The van der Waals surface area contributed by atoms with Gasteiger partial charge in [-0.15, -0.1) is 0 Å². The van der Waals surface area contributed by atoms with Gasteiger partial charge in [0.05, 0.1) is 12.1 Å². The Labute approximate surface area is 83.9 Å². The molecule has 1 aromatic rings. The van der Waals surface area contributed by atoms with Crippen molar-refractivity contribution in [1.29, 1.82) is 0 Å². The Morgan fingerprint density at radius 2 is 2.07 bits per heavy atom. The molecule has 0 radical (unpaired) electrons. The molecule has 4 heteroatoms. The summed E-state index contributed by atoms with van der Waals surface area (Å²) in [6, 6.07) is 3.08. The van der Waals surface area contributed by atoms with E-state index >= 15 is 0 Å². The normalized spacial score (nSPS) is 15.5. The molecule has 0 unspecified atom stereocenters. The molecule has 0 aromatic carbocycles. The SMILES string of the molecule is CC(C)[C@@H](O)[C@@H](N)c1cccnc1N. The first-order valence-electron chi connectivity index (χ1n) is 4.68. The molecule has 4 nitrogen and oxygen atoms in total. The lowest BCUT2D eigenvalue weighted by molar-refractivity contribution is 0.0981. The van der Waals surface area contributed by atoms with Crippen molar-refractivity contribution in [3.05, 3.63) is 23.9 Å². The van der Waals surface area contributed by atoms with E-state index in [1.165, 1.54) is 0 Å². The zero-order chi connectivity index (χ0) is 10.7. The van der Waals surface area contributed by atoms with Crippen LogP contribution in [0.5, 0.6) is 0 Å². The number of nitrogens with zero attached hydrogens (tertiary/aromatic N) is 1. The molecule has 0 aliphatic heterocycles. The van der Waals surface area contributed by atoms with E-state index in [-0.39, 0.29) is 5.92 Å². The molecule has 78 valence electrons. The zero-order valence-electron chi connectivity index (χ0n) is 8.51. The topological polar surface area (TPSA) is 85.2 Å². The molecule has 0 aliphatic rings. The van der Waals surface area contributed by atoms with Gasteiger partial charge >= 0.3 is 0 Å². The highest BCUT2D eigenvalue weighted by atomic mass is 16.3. The molecule has 1 rings (SSSR count). The van der Waals surface area contributed by atoms with E-state index in [4.69, 9.17) is 11.5 Å². The van der Waals surface area contributed by atoms with Crippen molar-refractivity contribution in [2.75, 3.05) is 5.73 Å². The van der Waals surface area contributed by atoms with E-state index < -0.39 is 12.1 Å². The summed E-state index contributed by atoms with van der Waals surface area (Å²) in [6.45, 7) is 3.83. The van der Waals surface area contributed by atoms with Crippen molar-refractivity contribution < 1.29 is 5.11 Å². The largest absolute Gasteiger partial charge is 0.391 e. The van der Waals surface area contributed by atoms with Gasteiger partial charge in [-0.2, -0.15) is 0 Å². The first-order chi connectivity index (χ1) is 6.54. The molecular weight excluding hydrogens is 178 g/mol. The number of nitrogens with two attached hydrogens (primary N) is 2. The van der Waals surface area contributed by atoms with Gasteiger partial charge in [0.1, 0.15) is 5.82 Å². The standard InChI is InChI=1S/C10H17N3O/c1-6(2)9(14)8(11)7-4-3-5-13-10(7)12/h3-6,8-9,14H,11H2,1-2H3,(H2,12,13)/t8-,9+/m0/s1. The average molecular weight is 195 g/mol. The van der Waals surface area contributed by atoms with Crippen molar-refractivity contribution in [2.45, 2.75) is 26.0 Å². The van der Waals surface area contributed by atoms with Crippen molar-refractivity contribution in [1.82, 2.24) is 4.98 Å². The van der Waals surface area contributed by atoms with Gasteiger partial charge < -0.3 is 16.6 Å². The fourth-order valence-corrected chi connectivity index (χ4v) is 1.31. The van der Waals surface area contributed by atoms with Crippen LogP contribution in [0.15, 0.2) is 18.3 Å². The fraction of sp³-hybridized carbons (Fsp3) is 0.500. The number of aromatic nitrogens is 1. The maximum atomic E-state index is 9.76. The molecule has 1 aromatic heterocycles. The van der Waals surface area contributed by atoms with Crippen LogP contribution in [0, 0.1) is 5.92 Å². The fourth-order valence-electron chi connectivity index (χ4n) is 1.31. The second-order valence-electron chi connectivity index (χ2n) is 3.74. The minimum atomic E-state index is -0.596. The third-order valence-corrected chi connectivity index (χ3v) is 2.28. The van der Waals surface area contributed by atoms with E-state index in [1.807, 2.05) is 13.8 Å². The molecule has 5 N–H and O–H groups in total. The Morgan fingerprint density at radius 3 is 2.57 bits per heavy atom. The van der Waals surface area contributed by atoms with Crippen LogP contribution in [0.3, 0.4) is 0 Å². The summed E-state index contributed by atoms with van der Waals surface area (Å²) >= 11 is 0. The van der Waals surface area contributed by atoms with Crippen LogP contribution in [0.25, 0.3) is 0 Å². The molecule has 1 heterocycles. The van der Waals surface area contributed by atoms with Gasteiger partial charge in [0.15, 0.2) is 0 Å². The highest BCUT2D eigenvalue weighted by Gasteiger charge is 2.21. The summed E-state index contributed by atoms with van der Waals surface area (Å²) in [5.74, 6) is 0.490. The van der Waals surface area contributed by atoms with Gasteiger partial charge in [-0.25, -0.2) is 4.98 Å². The van der Waals surface area contributed by atoms with Crippen LogP contribution in [0.1, 0.15) is 25.5 Å². The Kier molecular flexibility index (Phi) is 3.43. The van der Waals surface area contributed by atoms with Crippen LogP contribution >= 0.6 is 0 Å². The Morgan fingerprint density at radius 1 is 1.43 bits per heavy atom. The molecule has 0 amide bonds. The number of nitrogen functional groups attached to an aromatic ring is 1. The number of anilines is 1. The summed E-state index contributed by atoms with van der Waals surface area (Å²) in [5, 5.41) is 9.76. The van der Waals surface area contributed by atoms with Gasteiger partial charge in [-0.05, 0) is 12.0 Å². The molecule has 2 atom stereocenters. The maximum absolute atomic E-state index is 9.76. The van der Waals surface area contributed by atoms with Crippen molar-refractivity contribution in [3.8, 4) is 0 Å². The average Bonchev–Trinajstić information content (AvgIpc) is 2.16. The highest BCUT2D eigenvalue weighted by molar-refractivity contribution is 5.41. The molecule has 0 aliphatic carbocycles. The minimum Gasteiger partial charge on any atom is -0.391 e. The third-order valence-electron chi connectivity index (χ3n) is 2.28. The third kappa shape index (κ3) is 2.21. The van der Waals surface area contributed by atoms with E-state index in [2.05, 4.69) is 4.98 Å². The molecule has 0 bridgehead atoms. The van der Waals surface area contributed by atoms with Crippen molar-refractivity contribution >= 4 is 5.82 Å². The quantitative estimate of drug-likeness (QED) is 0.662. The van der Waals surface area contributed by atoms with Gasteiger partial charge in [-0.1, -0.05) is 19.9 Å². The zero-order valence-corrected chi connectivity index (χ0v) is 8.51. The number of pyridine rings is 1. The van der Waals surface area contributed by atoms with Gasteiger partial charge in [0.25, 0.3) is 0 Å². The number of hydrogen-bond acceptors (Lipinski definition) is 4. The smallest absolute Gasteiger partial charge is 0.128 e. The summed E-state index contributed by atoms with van der Waals surface area (Å²) in [6.07, 6.45) is 1.01. The number of aliphatic hydroxyl groups is 1. The second kappa shape index (κ2) is 4.39. The van der Waals surface area contributed by atoms with Crippen LogP contribution in [0.4, 0.5) is 5.82 Å². The van der Waals surface area contributed by atoms with E-state index in [9.17, 15) is 5.11 Å². The Bertz CT molecular complexity index is 301. The van der Waals surface area contributed by atoms with Crippen LogP contribution < -0.4 is 11.5 Å². The number of rotatable bonds is 3. The van der Waals surface area contributed by atoms with Crippen molar-refractivity contribution in [2.24, 2.45) is 11.7 Å². The Balaban J connectivity index is 2.89. The Hall–Kier alpha value is -1.13. The van der Waals surface area contributed by atoms with Gasteiger partial charge in [0, 0.05) is 11.8 Å². The first-order valence-corrected chi connectivity index (χ1v) is 4.68. The molecule has 0 fully saturated rings. The summed E-state index contributed by atoms with van der Waals surface area (Å²) < 4.78 is 0. The number of aliphatic hydroxyl groups excluding tert-OH is 1. The second-order valence-corrected chi connectivity index (χ2v) is 3.74. The monoisotopic (exact) mass is 195 g/mol. The lowest BCUT2D eigenvalue weighted by Gasteiger charge is -2.22. The molecular formula is C10H17N3O. The van der Waals surface area contributed by atoms with Crippen molar-refractivity contribution in [3.63, 3.8) is 0 Å². The number of hydrogen-bond donors (Lipinski definition) is 3. The van der Waals surface area contributed by atoms with E-state index in [0.29, 0.717) is 11.4 Å². The molecule has 14 heavy (non-hydrogen) atoms. The molecule has 0 saturated carbocycles. The van der Waals surface area contributed by atoms with Crippen LogP contribution in [-0.4, -0.2) is 16.2 Å². The lowest BCUT2D eigenvalue weighted by Crippen LogP contribution is -2.31. The predicted molar refractivity (Wildman–Crippen MR) is 56.4 cm³/mol. The maximum Gasteiger partial charge on any atom is 0.128 e. The predicted octanol–water partition coefficient (Wildman–Crippen LogP) is 0.681. The lowest BCUT2D eigenvalue weighted by atomic mass is 9.95. The molecule has 0 saturated heterocycles. The summed E-state index contributed by atoms with van der Waals surface area (Å²) in [7, 11) is 0. The van der Waals surface area contributed by atoms with Crippen LogP contribution in [-0.2, 0) is 0 Å². The van der Waals surface area contributed by atoms with E-state index in [0.717, 1.165) is 0 Å². The van der Waals surface area contributed by atoms with E-state index in [1.54, 1.807) is 18.3 Å². The molecule has 0 spiro atoms.